The lowest BCUT2D eigenvalue weighted by Gasteiger charge is -2.24. The Morgan fingerprint density at radius 3 is 1.94 bits per heavy atom. The molecule has 0 heterocycles. The van der Waals surface area contributed by atoms with E-state index in [1.54, 1.807) is 38.1 Å². The number of ether oxygens (including phenoxy) is 2. The molecule has 2 aromatic rings. The van der Waals surface area contributed by atoms with Crippen molar-refractivity contribution in [1.82, 2.24) is 10.6 Å². The van der Waals surface area contributed by atoms with Crippen molar-refractivity contribution in [2.75, 3.05) is 7.11 Å². The number of nitrogens with one attached hydrogen (secondary N) is 2. The fourth-order valence-electron chi connectivity index (χ4n) is 2.99. The van der Waals surface area contributed by atoms with Gasteiger partial charge in [-0.15, -0.1) is 0 Å². The van der Waals surface area contributed by atoms with E-state index in [1.807, 2.05) is 36.4 Å². The van der Waals surface area contributed by atoms with Crippen molar-refractivity contribution in [1.29, 1.82) is 0 Å². The van der Waals surface area contributed by atoms with Gasteiger partial charge in [0.25, 0.3) is 5.78 Å². The first kappa shape index (κ1) is 24.6. The summed E-state index contributed by atoms with van der Waals surface area (Å²) in [5.74, 6) is -2.83. The minimum Gasteiger partial charge on any atom is -0.463 e. The summed E-state index contributed by atoms with van der Waals surface area (Å²) in [5, 5.41) is 5.12. The lowest BCUT2D eigenvalue weighted by Crippen LogP contribution is -2.55. The zero-order valence-corrected chi connectivity index (χ0v) is 18.4. The Kier molecular flexibility index (Phi) is 9.41. The Morgan fingerprint density at radius 1 is 0.844 bits per heavy atom. The minimum atomic E-state index is -1.14. The molecule has 0 fully saturated rings. The van der Waals surface area contributed by atoms with Gasteiger partial charge in [0.1, 0.15) is 18.7 Å². The standard InChI is InChI=1S/C24H28N2O6/c1-16(2)20(26-24(30)32-15-18-12-8-5-9-13-18)22(28)25-19(21(27)23(29)31-3)14-17-10-6-4-7-11-17/h4-13,16,19-20H,14-15H2,1-3H3,(H,25,28)(H,26,30)/t19-,20-/m0/s1. The van der Waals surface area contributed by atoms with E-state index in [1.165, 1.54) is 0 Å². The molecule has 170 valence electrons. The molecule has 0 spiro atoms. The molecule has 2 rings (SSSR count). The molecule has 0 aliphatic rings. The van der Waals surface area contributed by atoms with Crippen LogP contribution in [0.1, 0.15) is 25.0 Å². The monoisotopic (exact) mass is 440 g/mol. The highest BCUT2D eigenvalue weighted by Gasteiger charge is 2.32. The van der Waals surface area contributed by atoms with Gasteiger partial charge < -0.3 is 20.1 Å². The largest absolute Gasteiger partial charge is 0.463 e. The van der Waals surface area contributed by atoms with Crippen LogP contribution in [0.25, 0.3) is 0 Å². The van der Waals surface area contributed by atoms with Crippen molar-refractivity contribution in [3.8, 4) is 0 Å². The molecule has 0 radical (unpaired) electrons. The van der Waals surface area contributed by atoms with Crippen LogP contribution in [0.3, 0.4) is 0 Å². The highest BCUT2D eigenvalue weighted by Crippen LogP contribution is 2.09. The highest BCUT2D eigenvalue weighted by molar-refractivity contribution is 6.36. The molecule has 2 atom stereocenters. The average molecular weight is 440 g/mol. The normalized spacial score (nSPS) is 12.4. The van der Waals surface area contributed by atoms with Gasteiger partial charge >= 0.3 is 12.1 Å². The maximum absolute atomic E-state index is 12.9. The molecule has 0 bridgehead atoms. The van der Waals surface area contributed by atoms with Gasteiger partial charge in [0.2, 0.25) is 5.91 Å². The van der Waals surface area contributed by atoms with E-state index in [4.69, 9.17) is 4.74 Å². The number of esters is 1. The molecule has 2 N–H and O–H groups in total. The number of carbonyl (C=O) groups excluding carboxylic acids is 4. The molecule has 0 unspecified atom stereocenters. The average Bonchev–Trinajstić information content (AvgIpc) is 2.80. The zero-order chi connectivity index (χ0) is 23.5. The van der Waals surface area contributed by atoms with Crippen molar-refractivity contribution in [2.45, 2.75) is 39.0 Å². The van der Waals surface area contributed by atoms with Gasteiger partial charge in [0.05, 0.1) is 7.11 Å². The Labute approximate surface area is 187 Å². The SMILES string of the molecule is COC(=O)C(=O)[C@H](Cc1ccccc1)NC(=O)[C@@H](NC(=O)OCc1ccccc1)C(C)C. The van der Waals surface area contributed by atoms with Gasteiger partial charge in [-0.05, 0) is 17.0 Å². The number of rotatable bonds is 10. The number of amides is 2. The van der Waals surface area contributed by atoms with Crippen molar-refractivity contribution in [3.05, 3.63) is 71.8 Å². The smallest absolute Gasteiger partial charge is 0.408 e. The van der Waals surface area contributed by atoms with Gasteiger partial charge in [-0.1, -0.05) is 74.5 Å². The third kappa shape index (κ3) is 7.54. The molecule has 32 heavy (non-hydrogen) atoms. The number of methoxy groups -OCH3 is 1. The number of benzene rings is 2. The molecule has 0 saturated carbocycles. The van der Waals surface area contributed by atoms with Crippen LogP contribution in [0.15, 0.2) is 60.7 Å². The third-order valence-electron chi connectivity index (χ3n) is 4.74. The van der Waals surface area contributed by atoms with Crippen LogP contribution >= 0.6 is 0 Å². The molecular weight excluding hydrogens is 412 g/mol. The summed E-state index contributed by atoms with van der Waals surface area (Å²) in [6.07, 6.45) is -0.661. The van der Waals surface area contributed by atoms with Crippen LogP contribution in [-0.2, 0) is 36.9 Å². The summed E-state index contributed by atoms with van der Waals surface area (Å²) in [6, 6.07) is 16.0. The van der Waals surface area contributed by atoms with Gasteiger partial charge in [0.15, 0.2) is 0 Å². The van der Waals surface area contributed by atoms with E-state index in [2.05, 4.69) is 15.4 Å². The van der Waals surface area contributed by atoms with E-state index in [0.717, 1.165) is 18.2 Å². The van der Waals surface area contributed by atoms with Crippen molar-refractivity contribution < 1.29 is 28.7 Å². The van der Waals surface area contributed by atoms with E-state index in [0.29, 0.717) is 0 Å². The molecule has 2 amide bonds. The lowest BCUT2D eigenvalue weighted by molar-refractivity contribution is -0.153. The first-order valence-electron chi connectivity index (χ1n) is 10.3. The van der Waals surface area contributed by atoms with Gasteiger partial charge in [0, 0.05) is 6.42 Å². The molecule has 0 aliphatic carbocycles. The van der Waals surface area contributed by atoms with Crippen LogP contribution in [0.5, 0.6) is 0 Å². The number of hydrogen-bond donors (Lipinski definition) is 2. The van der Waals surface area contributed by atoms with E-state index < -0.39 is 35.8 Å². The summed E-state index contributed by atoms with van der Waals surface area (Å²) < 4.78 is 9.72. The highest BCUT2D eigenvalue weighted by atomic mass is 16.5. The lowest BCUT2D eigenvalue weighted by atomic mass is 9.99. The minimum absolute atomic E-state index is 0.0521. The predicted octanol–water partition coefficient (Wildman–Crippen LogP) is 2.41. The second-order valence-corrected chi connectivity index (χ2v) is 7.53. The van der Waals surface area contributed by atoms with Crippen molar-refractivity contribution in [2.24, 2.45) is 5.92 Å². The second kappa shape index (κ2) is 12.2. The zero-order valence-electron chi connectivity index (χ0n) is 18.4. The topological polar surface area (TPSA) is 111 Å². The van der Waals surface area contributed by atoms with E-state index >= 15 is 0 Å². The summed E-state index contributed by atoms with van der Waals surface area (Å²) in [7, 11) is 1.10. The van der Waals surface area contributed by atoms with Gasteiger partial charge in [-0.25, -0.2) is 9.59 Å². The molecule has 0 saturated heterocycles. The second-order valence-electron chi connectivity index (χ2n) is 7.53. The predicted molar refractivity (Wildman–Crippen MR) is 117 cm³/mol. The molecule has 8 heteroatoms. The van der Waals surface area contributed by atoms with Crippen molar-refractivity contribution >= 4 is 23.8 Å². The first-order valence-corrected chi connectivity index (χ1v) is 10.3. The van der Waals surface area contributed by atoms with E-state index in [9.17, 15) is 19.2 Å². The molecule has 8 nitrogen and oxygen atoms in total. The third-order valence-corrected chi connectivity index (χ3v) is 4.74. The van der Waals surface area contributed by atoms with Crippen LogP contribution in [-0.4, -0.2) is 42.9 Å². The number of alkyl carbamates (subject to hydrolysis) is 1. The van der Waals surface area contributed by atoms with Crippen LogP contribution < -0.4 is 10.6 Å². The molecule has 0 aliphatic heterocycles. The summed E-state index contributed by atoms with van der Waals surface area (Å²) >= 11 is 0. The van der Waals surface area contributed by atoms with E-state index in [-0.39, 0.29) is 18.9 Å². The Morgan fingerprint density at radius 2 is 1.41 bits per heavy atom. The Bertz CT molecular complexity index is 915. The number of Topliss-reactive ketones (excluding diaryl/α,β-unsaturated/α-hetero) is 1. The summed E-state index contributed by atoms with van der Waals surface area (Å²) in [6.45, 7) is 3.54. The fraction of sp³-hybridized carbons (Fsp3) is 0.333. The first-order chi connectivity index (χ1) is 15.3. The van der Waals surface area contributed by atoms with Crippen LogP contribution in [0.4, 0.5) is 4.79 Å². The Balaban J connectivity index is 2.06. The maximum atomic E-state index is 12.9. The molecule has 2 aromatic carbocycles. The van der Waals surface area contributed by atoms with Crippen LogP contribution in [0.2, 0.25) is 0 Å². The molecule has 0 aromatic heterocycles. The number of carbonyl (C=O) groups is 4. The van der Waals surface area contributed by atoms with Crippen molar-refractivity contribution in [3.63, 3.8) is 0 Å². The van der Waals surface area contributed by atoms with Crippen LogP contribution in [0, 0.1) is 5.92 Å². The fourth-order valence-corrected chi connectivity index (χ4v) is 2.99. The maximum Gasteiger partial charge on any atom is 0.408 e. The number of ketones is 1. The summed E-state index contributed by atoms with van der Waals surface area (Å²) in [5.41, 5.74) is 1.56. The Hall–Kier alpha value is -3.68. The molecular formula is C24H28N2O6. The number of hydrogen-bond acceptors (Lipinski definition) is 6. The van der Waals surface area contributed by atoms with Gasteiger partial charge in [-0.2, -0.15) is 0 Å². The summed E-state index contributed by atoms with van der Waals surface area (Å²) in [4.78, 5) is 49.5. The van der Waals surface area contributed by atoms with Gasteiger partial charge in [-0.3, -0.25) is 9.59 Å². The quantitative estimate of drug-likeness (QED) is 0.434.